The van der Waals surface area contributed by atoms with Gasteiger partial charge in [0.05, 0.1) is 0 Å². The van der Waals surface area contributed by atoms with Gasteiger partial charge in [0, 0.05) is 18.4 Å². The number of carboxylic acid groups (broad SMARTS) is 1. The second kappa shape index (κ2) is 4.88. The van der Waals surface area contributed by atoms with Gasteiger partial charge in [-0.05, 0) is 41.5 Å². The summed E-state index contributed by atoms with van der Waals surface area (Å²) in [5.74, 6) is 1.83. The maximum Gasteiger partial charge on any atom is 0.404 e. The van der Waals surface area contributed by atoms with Crippen molar-refractivity contribution >= 4 is 6.09 Å². The summed E-state index contributed by atoms with van der Waals surface area (Å²) >= 11 is 0. The Hall–Kier alpha value is -1.92. The average molecular weight is 277 g/mol. The Kier molecular flexibility index (Phi) is 3.19. The van der Waals surface area contributed by atoms with Gasteiger partial charge in [-0.1, -0.05) is 18.6 Å². The molecule has 3 atom stereocenters. The third kappa shape index (κ3) is 2.17. The number of fused-ring (bicyclic) bond motifs is 1. The Labute approximate surface area is 116 Å². The molecule has 1 fully saturated rings. The van der Waals surface area contributed by atoms with Crippen LogP contribution in [-0.4, -0.2) is 38.4 Å². The first-order valence-electron chi connectivity index (χ1n) is 7.02. The van der Waals surface area contributed by atoms with Crippen LogP contribution in [0.3, 0.4) is 0 Å². The minimum absolute atomic E-state index is 0.0822. The van der Waals surface area contributed by atoms with Crippen LogP contribution in [0.25, 0.3) is 0 Å². The molecule has 0 bridgehead atoms. The molecule has 1 heterocycles. The molecule has 3 rings (SSSR count). The molecule has 1 aromatic heterocycles. The van der Waals surface area contributed by atoms with E-state index in [1.807, 2.05) is 0 Å². The molecule has 2 aliphatic carbocycles. The predicted molar refractivity (Wildman–Crippen MR) is 70.9 cm³/mol. The number of amides is 1. The summed E-state index contributed by atoms with van der Waals surface area (Å²) in [6, 6.07) is 0. The standard InChI is InChI=1S/C13H19N5O2/c1-2-8-3-9-5-13(10(9)4-8,7-14-12(19)20)6-11-15-17-18-16-11/h4,9-10,14H,2-3,5-7H2,1H3,(H,19,20)(H,15,16,17,18)/t9-,10-,13-/m1/s1. The smallest absolute Gasteiger partial charge is 0.404 e. The van der Waals surface area contributed by atoms with Gasteiger partial charge in [0.25, 0.3) is 0 Å². The lowest BCUT2D eigenvalue weighted by Gasteiger charge is -2.52. The fourth-order valence-corrected chi connectivity index (χ4v) is 3.84. The topological polar surface area (TPSA) is 104 Å². The summed E-state index contributed by atoms with van der Waals surface area (Å²) in [4.78, 5) is 10.8. The molecule has 0 saturated heterocycles. The van der Waals surface area contributed by atoms with Crippen LogP contribution in [0.15, 0.2) is 11.6 Å². The number of tetrazole rings is 1. The van der Waals surface area contributed by atoms with E-state index in [1.165, 1.54) is 5.57 Å². The molecule has 0 spiro atoms. The highest BCUT2D eigenvalue weighted by molar-refractivity contribution is 5.64. The minimum atomic E-state index is -0.971. The lowest BCUT2D eigenvalue weighted by molar-refractivity contribution is 0.000121. The Morgan fingerprint density at radius 1 is 1.65 bits per heavy atom. The third-order valence-electron chi connectivity index (χ3n) is 4.78. The van der Waals surface area contributed by atoms with Gasteiger partial charge in [-0.15, -0.1) is 5.10 Å². The molecule has 108 valence electrons. The van der Waals surface area contributed by atoms with Gasteiger partial charge in [-0.2, -0.15) is 0 Å². The number of nitrogens with zero attached hydrogens (tertiary/aromatic N) is 3. The van der Waals surface area contributed by atoms with E-state index >= 15 is 0 Å². The first kappa shape index (κ1) is 13.1. The van der Waals surface area contributed by atoms with Crippen LogP contribution in [0.5, 0.6) is 0 Å². The Bertz CT molecular complexity index is 527. The van der Waals surface area contributed by atoms with E-state index in [0.29, 0.717) is 24.8 Å². The molecule has 1 amide bonds. The van der Waals surface area contributed by atoms with Crippen LogP contribution >= 0.6 is 0 Å². The summed E-state index contributed by atoms with van der Waals surface area (Å²) in [5.41, 5.74) is 1.41. The predicted octanol–water partition coefficient (Wildman–Crippen LogP) is 1.37. The van der Waals surface area contributed by atoms with Crippen molar-refractivity contribution in [2.45, 2.75) is 32.6 Å². The van der Waals surface area contributed by atoms with E-state index in [0.717, 1.165) is 25.1 Å². The van der Waals surface area contributed by atoms with Crippen molar-refractivity contribution in [2.75, 3.05) is 6.54 Å². The van der Waals surface area contributed by atoms with Gasteiger partial charge < -0.3 is 10.4 Å². The highest BCUT2D eigenvalue weighted by atomic mass is 16.4. The van der Waals surface area contributed by atoms with Gasteiger partial charge >= 0.3 is 6.09 Å². The monoisotopic (exact) mass is 277 g/mol. The molecular weight excluding hydrogens is 258 g/mol. The molecule has 0 radical (unpaired) electrons. The summed E-state index contributed by atoms with van der Waals surface area (Å²) in [6.45, 7) is 2.63. The van der Waals surface area contributed by atoms with Crippen molar-refractivity contribution in [2.24, 2.45) is 17.3 Å². The molecule has 2 aliphatic rings. The molecule has 0 unspecified atom stereocenters. The van der Waals surface area contributed by atoms with Crippen LogP contribution in [0.4, 0.5) is 4.79 Å². The first-order chi connectivity index (χ1) is 9.63. The minimum Gasteiger partial charge on any atom is -0.465 e. The van der Waals surface area contributed by atoms with Crippen molar-refractivity contribution < 1.29 is 9.90 Å². The number of nitrogens with one attached hydrogen (secondary N) is 2. The number of hydrogen-bond acceptors (Lipinski definition) is 4. The number of carbonyl (C=O) groups is 1. The van der Waals surface area contributed by atoms with Gasteiger partial charge in [0.15, 0.2) is 0 Å². The van der Waals surface area contributed by atoms with Crippen molar-refractivity contribution in [3.63, 3.8) is 0 Å². The highest BCUT2D eigenvalue weighted by Gasteiger charge is 2.55. The quantitative estimate of drug-likeness (QED) is 0.705. The van der Waals surface area contributed by atoms with E-state index < -0.39 is 6.09 Å². The summed E-state index contributed by atoms with van der Waals surface area (Å²) in [6.07, 6.45) is 5.33. The molecule has 20 heavy (non-hydrogen) atoms. The molecule has 0 aromatic carbocycles. The van der Waals surface area contributed by atoms with Gasteiger partial charge in [-0.25, -0.2) is 9.89 Å². The Morgan fingerprint density at radius 2 is 2.50 bits per heavy atom. The van der Waals surface area contributed by atoms with Crippen molar-refractivity contribution in [1.29, 1.82) is 0 Å². The Balaban J connectivity index is 1.78. The van der Waals surface area contributed by atoms with Crippen LogP contribution in [0, 0.1) is 17.3 Å². The summed E-state index contributed by atoms with van der Waals surface area (Å²) < 4.78 is 0. The highest BCUT2D eigenvalue weighted by Crippen LogP contribution is 2.59. The zero-order chi connectivity index (χ0) is 14.2. The first-order valence-corrected chi connectivity index (χ1v) is 7.02. The SMILES string of the molecule is CCC1=C[C@@H]2[C@H](C1)C[C@]2(CNC(=O)O)Cc1nnn[nH]1. The lowest BCUT2D eigenvalue weighted by Crippen LogP contribution is -2.53. The van der Waals surface area contributed by atoms with E-state index in [9.17, 15) is 4.79 Å². The Morgan fingerprint density at radius 3 is 3.15 bits per heavy atom. The maximum atomic E-state index is 10.8. The number of H-pyrrole nitrogens is 1. The van der Waals surface area contributed by atoms with Crippen LogP contribution in [0.2, 0.25) is 0 Å². The van der Waals surface area contributed by atoms with E-state index in [-0.39, 0.29) is 5.41 Å². The summed E-state index contributed by atoms with van der Waals surface area (Å²) in [5, 5.41) is 25.4. The zero-order valence-corrected chi connectivity index (χ0v) is 11.5. The number of aromatic nitrogens is 4. The molecule has 1 aromatic rings. The third-order valence-corrected chi connectivity index (χ3v) is 4.78. The van der Waals surface area contributed by atoms with Gasteiger partial charge in [0.1, 0.15) is 5.82 Å². The molecule has 0 aliphatic heterocycles. The fraction of sp³-hybridized carbons (Fsp3) is 0.692. The second-order valence-corrected chi connectivity index (χ2v) is 5.92. The van der Waals surface area contributed by atoms with Crippen LogP contribution in [-0.2, 0) is 6.42 Å². The second-order valence-electron chi connectivity index (χ2n) is 5.92. The normalized spacial score (nSPS) is 31.4. The van der Waals surface area contributed by atoms with Crippen LogP contribution in [0.1, 0.15) is 32.0 Å². The van der Waals surface area contributed by atoms with Crippen LogP contribution < -0.4 is 5.32 Å². The fourth-order valence-electron chi connectivity index (χ4n) is 3.84. The van der Waals surface area contributed by atoms with E-state index in [1.54, 1.807) is 0 Å². The van der Waals surface area contributed by atoms with Crippen molar-refractivity contribution in [3.8, 4) is 0 Å². The molecule has 1 saturated carbocycles. The molecular formula is C13H19N5O2. The number of allylic oxidation sites excluding steroid dienone is 2. The van der Waals surface area contributed by atoms with Crippen molar-refractivity contribution in [3.05, 3.63) is 17.5 Å². The average Bonchev–Trinajstić information content (AvgIpc) is 3.02. The summed E-state index contributed by atoms with van der Waals surface area (Å²) in [7, 11) is 0. The molecule has 3 N–H and O–H groups in total. The zero-order valence-electron chi connectivity index (χ0n) is 11.5. The van der Waals surface area contributed by atoms with Crippen molar-refractivity contribution in [1.82, 2.24) is 25.9 Å². The van der Waals surface area contributed by atoms with E-state index in [2.05, 4.69) is 38.9 Å². The van der Waals surface area contributed by atoms with E-state index in [4.69, 9.17) is 5.11 Å². The number of hydrogen-bond donors (Lipinski definition) is 3. The lowest BCUT2D eigenvalue weighted by atomic mass is 9.53. The molecule has 7 heteroatoms. The molecule has 7 nitrogen and oxygen atoms in total. The number of rotatable bonds is 5. The maximum absolute atomic E-state index is 10.8. The van der Waals surface area contributed by atoms with Gasteiger partial charge in [0.2, 0.25) is 0 Å². The number of aromatic amines is 1. The van der Waals surface area contributed by atoms with Gasteiger partial charge in [-0.3, -0.25) is 0 Å². The largest absolute Gasteiger partial charge is 0.465 e.